The molecule has 0 saturated heterocycles. The number of fused-ring (bicyclic) bond motifs is 1. The van der Waals surface area contributed by atoms with Gasteiger partial charge in [-0.3, -0.25) is 9.59 Å². The molecular weight excluding hydrogens is 367 g/mol. The average Bonchev–Trinajstić information content (AvgIpc) is 2.51. The van der Waals surface area contributed by atoms with Crippen molar-refractivity contribution in [3.05, 3.63) is 72.2 Å². The van der Waals surface area contributed by atoms with Crippen LogP contribution in [-0.2, 0) is 0 Å². The predicted molar refractivity (Wildman–Crippen MR) is 99.1 cm³/mol. The van der Waals surface area contributed by atoms with Gasteiger partial charge in [-0.25, -0.2) is 4.57 Å². The number of aromatic amines is 1. The van der Waals surface area contributed by atoms with E-state index < -0.39 is 11.5 Å². The first-order chi connectivity index (χ1) is 11.3. The molecular formula is C17H12Cl2N2O2S. The van der Waals surface area contributed by atoms with E-state index >= 15 is 0 Å². The van der Waals surface area contributed by atoms with Crippen LogP contribution in [0, 0.1) is 18.6 Å². The molecule has 122 valence electrons. The Kier molecular flexibility index (Phi) is 4.34. The highest BCUT2D eigenvalue weighted by Gasteiger charge is 2.16. The smallest absolute Gasteiger partial charge is 0.269 e. The molecule has 1 N–H and O–H groups in total. The lowest BCUT2D eigenvalue weighted by molar-refractivity contribution is 0.0953. The average molecular weight is 379 g/mol. The Bertz CT molecular complexity index is 1120. The zero-order chi connectivity index (χ0) is 17.6. The third kappa shape index (κ3) is 2.79. The fourth-order valence-corrected chi connectivity index (χ4v) is 3.24. The molecule has 0 aliphatic carbocycles. The Labute approximate surface area is 152 Å². The normalized spacial score (nSPS) is 11.0. The number of hydrogen-bond donors (Lipinski definition) is 1. The maximum Gasteiger partial charge on any atom is 0.269 e. The molecule has 7 heteroatoms. The Hall–Kier alpha value is -1.95. The number of carbonyl (C=O) groups is 1. The van der Waals surface area contributed by atoms with E-state index in [2.05, 4.69) is 4.98 Å². The summed E-state index contributed by atoms with van der Waals surface area (Å²) in [5.74, 6) is -0.498. The number of rotatable bonds is 1. The van der Waals surface area contributed by atoms with E-state index in [-0.39, 0.29) is 15.2 Å². The van der Waals surface area contributed by atoms with Gasteiger partial charge in [0.2, 0.25) is 0 Å². The number of benzene rings is 2. The van der Waals surface area contributed by atoms with Gasteiger partial charge in [-0.2, -0.15) is 0 Å². The minimum Gasteiger partial charge on any atom is -0.330 e. The molecule has 0 amide bonds. The molecule has 3 aromatic rings. The van der Waals surface area contributed by atoms with Crippen LogP contribution in [0.3, 0.4) is 0 Å². The van der Waals surface area contributed by atoms with Crippen molar-refractivity contribution in [1.29, 1.82) is 0 Å². The summed E-state index contributed by atoms with van der Waals surface area (Å²) in [5, 5.41) is 0.782. The molecule has 1 heterocycles. The molecule has 0 atom stereocenters. The Balaban J connectivity index is 2.30. The van der Waals surface area contributed by atoms with Gasteiger partial charge in [0.1, 0.15) is 0 Å². The van der Waals surface area contributed by atoms with Crippen LogP contribution in [0.25, 0.3) is 10.9 Å². The number of hydrogen-bond acceptors (Lipinski definition) is 3. The van der Waals surface area contributed by atoms with Gasteiger partial charge in [0, 0.05) is 10.6 Å². The van der Waals surface area contributed by atoms with Crippen molar-refractivity contribution in [2.75, 3.05) is 0 Å². The first-order valence-corrected chi connectivity index (χ1v) is 8.22. The molecule has 0 radical (unpaired) electrons. The largest absolute Gasteiger partial charge is 0.330 e. The summed E-state index contributed by atoms with van der Waals surface area (Å²) in [6, 6.07) is 8.19. The van der Waals surface area contributed by atoms with Gasteiger partial charge in [0.25, 0.3) is 11.5 Å². The third-order valence-corrected chi connectivity index (χ3v) is 4.68. The van der Waals surface area contributed by atoms with Crippen molar-refractivity contribution in [3.63, 3.8) is 0 Å². The van der Waals surface area contributed by atoms with E-state index in [9.17, 15) is 9.59 Å². The molecule has 0 aliphatic heterocycles. The maximum atomic E-state index is 12.8. The van der Waals surface area contributed by atoms with Gasteiger partial charge < -0.3 is 4.98 Å². The molecule has 0 saturated carbocycles. The predicted octanol–water partition coefficient (Wildman–Crippen LogP) is 4.67. The first kappa shape index (κ1) is 16.9. The van der Waals surface area contributed by atoms with Crippen LogP contribution in [0.2, 0.25) is 10.0 Å². The summed E-state index contributed by atoms with van der Waals surface area (Å²) in [6.07, 6.45) is 0. The third-order valence-electron chi connectivity index (χ3n) is 3.88. The van der Waals surface area contributed by atoms with Gasteiger partial charge in [-0.05, 0) is 61.5 Å². The number of aryl methyl sites for hydroxylation is 2. The minimum absolute atomic E-state index is 0.0139. The van der Waals surface area contributed by atoms with Gasteiger partial charge in [-0.1, -0.05) is 29.3 Å². The Morgan fingerprint density at radius 2 is 1.83 bits per heavy atom. The van der Waals surface area contributed by atoms with Crippen molar-refractivity contribution in [2.24, 2.45) is 0 Å². The topological polar surface area (TPSA) is 54.9 Å². The van der Waals surface area contributed by atoms with Crippen LogP contribution in [0.5, 0.6) is 0 Å². The van der Waals surface area contributed by atoms with Gasteiger partial charge in [0.05, 0.1) is 15.9 Å². The van der Waals surface area contributed by atoms with Gasteiger partial charge in [0.15, 0.2) is 4.77 Å². The van der Waals surface area contributed by atoms with Crippen LogP contribution in [0.1, 0.15) is 21.5 Å². The van der Waals surface area contributed by atoms with Crippen LogP contribution < -0.4 is 5.56 Å². The molecule has 0 bridgehead atoms. The number of halogens is 2. The van der Waals surface area contributed by atoms with Crippen LogP contribution in [0.15, 0.2) is 35.1 Å². The van der Waals surface area contributed by atoms with Crippen molar-refractivity contribution in [1.82, 2.24) is 9.55 Å². The highest BCUT2D eigenvalue weighted by atomic mass is 35.5. The number of nitrogens with zero attached hydrogens (tertiary/aromatic N) is 1. The molecule has 24 heavy (non-hydrogen) atoms. The summed E-state index contributed by atoms with van der Waals surface area (Å²) in [7, 11) is 0. The van der Waals surface area contributed by atoms with E-state index in [0.29, 0.717) is 16.1 Å². The fraction of sp³-hybridized carbons (Fsp3) is 0.118. The summed E-state index contributed by atoms with van der Waals surface area (Å²) in [4.78, 5) is 28.4. The standard InChI is InChI=1S/C17H12Cl2N2O2S/c1-8-3-4-10(5-9(8)2)15(22)21-16(23)12-6-11(18)7-13(19)14(12)20-17(21)24/h3-7H,1-2H3,(H,20,24). The highest BCUT2D eigenvalue weighted by molar-refractivity contribution is 7.71. The van der Waals surface area contributed by atoms with E-state index in [0.717, 1.165) is 15.7 Å². The second kappa shape index (κ2) is 6.16. The molecule has 0 fully saturated rings. The quantitative estimate of drug-likeness (QED) is 0.625. The molecule has 1 aromatic heterocycles. The lowest BCUT2D eigenvalue weighted by Crippen LogP contribution is -2.29. The van der Waals surface area contributed by atoms with Crippen LogP contribution in [-0.4, -0.2) is 15.5 Å². The number of nitrogens with one attached hydrogen (secondary N) is 1. The first-order valence-electron chi connectivity index (χ1n) is 7.05. The summed E-state index contributed by atoms with van der Waals surface area (Å²) in [5.41, 5.74) is 2.20. The Morgan fingerprint density at radius 3 is 2.50 bits per heavy atom. The van der Waals surface area contributed by atoms with Crippen molar-refractivity contribution >= 4 is 52.2 Å². The molecule has 4 nitrogen and oxygen atoms in total. The lowest BCUT2D eigenvalue weighted by Gasteiger charge is -2.09. The molecule has 0 aliphatic rings. The molecule has 3 rings (SSSR count). The second-order valence-corrected chi connectivity index (χ2v) is 6.72. The second-order valence-electron chi connectivity index (χ2n) is 5.49. The fourth-order valence-electron chi connectivity index (χ4n) is 2.43. The van der Waals surface area contributed by atoms with E-state index in [1.165, 1.54) is 12.1 Å². The Morgan fingerprint density at radius 1 is 1.12 bits per heavy atom. The van der Waals surface area contributed by atoms with E-state index in [4.69, 9.17) is 35.4 Å². The summed E-state index contributed by atoms with van der Waals surface area (Å²) in [6.45, 7) is 3.84. The monoisotopic (exact) mass is 378 g/mol. The van der Waals surface area contributed by atoms with Crippen LogP contribution in [0.4, 0.5) is 0 Å². The van der Waals surface area contributed by atoms with Crippen molar-refractivity contribution in [3.8, 4) is 0 Å². The van der Waals surface area contributed by atoms with Gasteiger partial charge >= 0.3 is 0 Å². The van der Waals surface area contributed by atoms with Crippen molar-refractivity contribution < 1.29 is 4.79 Å². The lowest BCUT2D eigenvalue weighted by atomic mass is 10.1. The number of H-pyrrole nitrogens is 1. The number of aromatic nitrogens is 2. The van der Waals surface area contributed by atoms with E-state index in [1.54, 1.807) is 12.1 Å². The molecule has 2 aromatic carbocycles. The summed E-state index contributed by atoms with van der Waals surface area (Å²) >= 11 is 17.3. The zero-order valence-electron chi connectivity index (χ0n) is 12.8. The highest BCUT2D eigenvalue weighted by Crippen LogP contribution is 2.24. The van der Waals surface area contributed by atoms with E-state index in [1.807, 2.05) is 19.9 Å². The SMILES string of the molecule is Cc1ccc(C(=O)n2c(=S)[nH]c3c(Cl)cc(Cl)cc3c2=O)cc1C. The maximum absolute atomic E-state index is 12.8. The van der Waals surface area contributed by atoms with Crippen LogP contribution >= 0.6 is 35.4 Å². The summed E-state index contributed by atoms with van der Waals surface area (Å²) < 4.78 is 0.911. The van der Waals surface area contributed by atoms with Crippen molar-refractivity contribution in [2.45, 2.75) is 13.8 Å². The zero-order valence-corrected chi connectivity index (χ0v) is 15.1. The minimum atomic E-state index is -0.554. The van der Waals surface area contributed by atoms with Gasteiger partial charge in [-0.15, -0.1) is 0 Å². The molecule has 0 unspecified atom stereocenters. The molecule has 0 spiro atoms. The number of carbonyl (C=O) groups excluding carboxylic acids is 1.